The van der Waals surface area contributed by atoms with Crippen LogP contribution in [0.2, 0.25) is 0 Å². The molecule has 6 heteroatoms. The van der Waals surface area contributed by atoms with Crippen LogP contribution in [0, 0.1) is 6.92 Å². The third-order valence-electron chi connectivity index (χ3n) is 3.21. The second-order valence-corrected chi connectivity index (χ2v) is 6.98. The van der Waals surface area contributed by atoms with Gasteiger partial charge in [0, 0.05) is 21.2 Å². The van der Waals surface area contributed by atoms with Gasteiger partial charge in [-0.2, -0.15) is 0 Å². The maximum atomic E-state index is 12.2. The maximum absolute atomic E-state index is 12.2. The second kappa shape index (κ2) is 7.02. The molecule has 0 aliphatic carbocycles. The summed E-state index contributed by atoms with van der Waals surface area (Å²) in [4.78, 5) is 22.0. The van der Waals surface area contributed by atoms with E-state index in [9.17, 15) is 4.79 Å². The first-order chi connectivity index (χ1) is 11.1. The van der Waals surface area contributed by atoms with Crippen molar-refractivity contribution in [3.05, 3.63) is 63.7 Å². The summed E-state index contributed by atoms with van der Waals surface area (Å²) < 4.78 is 0.932. The largest absolute Gasteiger partial charge is 0.326 e. The maximum Gasteiger partial charge on any atom is 0.229 e. The van der Waals surface area contributed by atoms with Gasteiger partial charge in [-0.05, 0) is 37.3 Å². The summed E-state index contributed by atoms with van der Waals surface area (Å²) in [6.07, 6.45) is 2.05. The van der Waals surface area contributed by atoms with Crippen LogP contribution in [0.3, 0.4) is 0 Å². The molecule has 2 aromatic heterocycles. The minimum atomic E-state index is -0.0533. The summed E-state index contributed by atoms with van der Waals surface area (Å²) >= 11 is 4.90. The lowest BCUT2D eigenvalue weighted by Crippen LogP contribution is -2.14. The minimum Gasteiger partial charge on any atom is -0.326 e. The Kier molecular flexibility index (Phi) is 4.83. The molecule has 23 heavy (non-hydrogen) atoms. The topological polar surface area (TPSA) is 54.9 Å². The fourth-order valence-electron chi connectivity index (χ4n) is 2.11. The Morgan fingerprint density at radius 2 is 2.13 bits per heavy atom. The van der Waals surface area contributed by atoms with Gasteiger partial charge in [0.2, 0.25) is 5.91 Å². The summed E-state index contributed by atoms with van der Waals surface area (Å²) in [5.74, 6) is -0.0533. The Bertz CT molecular complexity index is 833. The second-order valence-electron chi connectivity index (χ2n) is 4.98. The number of thiazole rings is 1. The third kappa shape index (κ3) is 4.03. The zero-order valence-electron chi connectivity index (χ0n) is 12.4. The van der Waals surface area contributed by atoms with Gasteiger partial charge in [0.15, 0.2) is 0 Å². The lowest BCUT2D eigenvalue weighted by Gasteiger charge is -2.04. The molecule has 3 rings (SSSR count). The number of hydrogen-bond donors (Lipinski definition) is 1. The summed E-state index contributed by atoms with van der Waals surface area (Å²) in [6.45, 7) is 1.92. The molecule has 0 spiro atoms. The number of amides is 1. The molecule has 0 unspecified atom stereocenters. The Labute approximate surface area is 146 Å². The van der Waals surface area contributed by atoms with Crippen molar-refractivity contribution in [1.82, 2.24) is 9.97 Å². The number of aromatic nitrogens is 2. The van der Waals surface area contributed by atoms with E-state index >= 15 is 0 Å². The summed E-state index contributed by atoms with van der Waals surface area (Å²) in [6, 6.07) is 13.3. The van der Waals surface area contributed by atoms with Crippen molar-refractivity contribution in [3.63, 3.8) is 0 Å². The molecule has 3 aromatic rings. The van der Waals surface area contributed by atoms with Crippen LogP contribution in [0.1, 0.15) is 10.6 Å². The molecule has 0 aliphatic heterocycles. The van der Waals surface area contributed by atoms with Crippen LogP contribution in [0.25, 0.3) is 10.7 Å². The van der Waals surface area contributed by atoms with Gasteiger partial charge in [0.1, 0.15) is 5.01 Å². The van der Waals surface area contributed by atoms with Crippen molar-refractivity contribution in [2.75, 3.05) is 5.32 Å². The number of aryl methyl sites for hydroxylation is 1. The van der Waals surface area contributed by atoms with E-state index < -0.39 is 0 Å². The summed E-state index contributed by atoms with van der Waals surface area (Å²) in [7, 11) is 0. The molecule has 0 bridgehead atoms. The SMILES string of the molecule is Cc1nc(-c2ccccn2)sc1CC(=O)Nc1cccc(Br)c1. The quantitative estimate of drug-likeness (QED) is 0.718. The van der Waals surface area contributed by atoms with Crippen LogP contribution >= 0.6 is 27.3 Å². The van der Waals surface area contributed by atoms with Crippen molar-refractivity contribution >= 4 is 38.9 Å². The summed E-state index contributed by atoms with van der Waals surface area (Å²) in [5.41, 5.74) is 2.48. The lowest BCUT2D eigenvalue weighted by atomic mass is 10.2. The third-order valence-corrected chi connectivity index (χ3v) is 4.88. The number of halogens is 1. The minimum absolute atomic E-state index is 0.0533. The van der Waals surface area contributed by atoms with Crippen LogP contribution in [0.5, 0.6) is 0 Å². The number of carbonyl (C=O) groups is 1. The van der Waals surface area contributed by atoms with Gasteiger partial charge in [-0.3, -0.25) is 9.78 Å². The predicted octanol–water partition coefficient (Wildman–Crippen LogP) is 4.46. The van der Waals surface area contributed by atoms with E-state index in [2.05, 4.69) is 31.2 Å². The number of anilines is 1. The van der Waals surface area contributed by atoms with Gasteiger partial charge in [-0.15, -0.1) is 11.3 Å². The highest BCUT2D eigenvalue weighted by atomic mass is 79.9. The van der Waals surface area contributed by atoms with Crippen molar-refractivity contribution in [3.8, 4) is 10.7 Å². The van der Waals surface area contributed by atoms with Gasteiger partial charge in [0.25, 0.3) is 0 Å². The molecular formula is C17H14BrN3OS. The molecule has 0 atom stereocenters. The van der Waals surface area contributed by atoms with Crippen molar-refractivity contribution in [2.45, 2.75) is 13.3 Å². The average molecular weight is 388 g/mol. The Hall–Kier alpha value is -2.05. The number of hydrogen-bond acceptors (Lipinski definition) is 4. The molecule has 1 amide bonds. The van der Waals surface area contributed by atoms with Crippen LogP contribution in [0.4, 0.5) is 5.69 Å². The number of nitrogens with zero attached hydrogens (tertiary/aromatic N) is 2. The highest BCUT2D eigenvalue weighted by Gasteiger charge is 2.13. The van der Waals surface area contributed by atoms with Gasteiger partial charge < -0.3 is 5.32 Å². The van der Waals surface area contributed by atoms with Crippen molar-refractivity contribution in [2.24, 2.45) is 0 Å². The number of benzene rings is 1. The molecule has 1 aromatic carbocycles. The van der Waals surface area contributed by atoms with E-state index in [-0.39, 0.29) is 5.91 Å². The van der Waals surface area contributed by atoms with Crippen LogP contribution in [-0.4, -0.2) is 15.9 Å². The van der Waals surface area contributed by atoms with Crippen LogP contribution < -0.4 is 5.32 Å². The van der Waals surface area contributed by atoms with Crippen LogP contribution in [-0.2, 0) is 11.2 Å². The van der Waals surface area contributed by atoms with Gasteiger partial charge in [-0.25, -0.2) is 4.98 Å². The lowest BCUT2D eigenvalue weighted by molar-refractivity contribution is -0.115. The zero-order valence-corrected chi connectivity index (χ0v) is 14.8. The Balaban J connectivity index is 1.73. The fourth-order valence-corrected chi connectivity index (χ4v) is 3.55. The van der Waals surface area contributed by atoms with E-state index in [0.717, 1.165) is 31.4 Å². The van der Waals surface area contributed by atoms with E-state index in [1.807, 2.05) is 49.4 Å². The molecule has 1 N–H and O–H groups in total. The predicted molar refractivity (Wildman–Crippen MR) is 96.6 cm³/mol. The standard InChI is InChI=1S/C17H14BrN3OS/c1-11-15(23-17(20-11)14-7-2-3-8-19-14)10-16(22)21-13-6-4-5-12(18)9-13/h2-9H,10H2,1H3,(H,21,22). The molecular weight excluding hydrogens is 374 g/mol. The number of carbonyl (C=O) groups excluding carboxylic acids is 1. The first-order valence-corrected chi connectivity index (χ1v) is 8.66. The first-order valence-electron chi connectivity index (χ1n) is 7.05. The van der Waals surface area contributed by atoms with E-state index in [4.69, 9.17) is 0 Å². The highest BCUT2D eigenvalue weighted by Crippen LogP contribution is 2.27. The molecule has 0 aliphatic rings. The van der Waals surface area contributed by atoms with Crippen molar-refractivity contribution < 1.29 is 4.79 Å². The monoisotopic (exact) mass is 387 g/mol. The number of nitrogens with one attached hydrogen (secondary N) is 1. The molecule has 0 saturated heterocycles. The Morgan fingerprint density at radius 3 is 2.87 bits per heavy atom. The number of rotatable bonds is 4. The normalized spacial score (nSPS) is 10.5. The number of pyridine rings is 1. The smallest absolute Gasteiger partial charge is 0.229 e. The van der Waals surface area contributed by atoms with Gasteiger partial charge in [-0.1, -0.05) is 28.1 Å². The average Bonchev–Trinajstić information content (AvgIpc) is 2.89. The van der Waals surface area contributed by atoms with E-state index in [0.29, 0.717) is 6.42 Å². The molecule has 4 nitrogen and oxygen atoms in total. The Morgan fingerprint density at radius 1 is 1.26 bits per heavy atom. The molecule has 0 fully saturated rings. The van der Waals surface area contributed by atoms with E-state index in [1.165, 1.54) is 11.3 Å². The van der Waals surface area contributed by atoms with Gasteiger partial charge >= 0.3 is 0 Å². The van der Waals surface area contributed by atoms with Crippen molar-refractivity contribution in [1.29, 1.82) is 0 Å². The zero-order chi connectivity index (χ0) is 16.2. The first kappa shape index (κ1) is 15.8. The van der Waals surface area contributed by atoms with Gasteiger partial charge in [0.05, 0.1) is 17.8 Å². The van der Waals surface area contributed by atoms with E-state index in [1.54, 1.807) is 6.20 Å². The fraction of sp³-hybridized carbons (Fsp3) is 0.118. The molecule has 116 valence electrons. The summed E-state index contributed by atoms with van der Waals surface area (Å²) in [5, 5.41) is 3.74. The molecule has 0 radical (unpaired) electrons. The van der Waals surface area contributed by atoms with Crippen LogP contribution in [0.15, 0.2) is 53.1 Å². The molecule has 2 heterocycles. The highest BCUT2D eigenvalue weighted by molar-refractivity contribution is 9.10. The molecule has 0 saturated carbocycles.